The van der Waals surface area contributed by atoms with Gasteiger partial charge in [0.05, 0.1) is 7.11 Å². The zero-order valence-corrected chi connectivity index (χ0v) is 16.8. The number of hydrogen-bond donors (Lipinski definition) is 1. The largest absolute Gasteiger partial charge is 0.497 e. The van der Waals surface area contributed by atoms with E-state index >= 15 is 0 Å². The number of rotatable bonds is 6. The van der Waals surface area contributed by atoms with Crippen molar-refractivity contribution in [1.82, 2.24) is 4.90 Å². The van der Waals surface area contributed by atoms with Crippen LogP contribution in [0, 0.1) is 5.41 Å². The Morgan fingerprint density at radius 2 is 1.62 bits per heavy atom. The summed E-state index contributed by atoms with van der Waals surface area (Å²) >= 11 is 0. The molecule has 1 unspecified atom stereocenters. The molecule has 0 heterocycles. The van der Waals surface area contributed by atoms with E-state index in [2.05, 4.69) is 0 Å². The van der Waals surface area contributed by atoms with E-state index in [1.165, 1.54) is 0 Å². The van der Waals surface area contributed by atoms with E-state index in [0.29, 0.717) is 25.1 Å². The predicted molar refractivity (Wildman–Crippen MR) is 106 cm³/mol. The highest BCUT2D eigenvalue weighted by atomic mass is 16.5. The molecule has 4 heteroatoms. The Hall–Kier alpha value is -2.07. The van der Waals surface area contributed by atoms with Gasteiger partial charge in [-0.15, -0.1) is 0 Å². The fraction of sp³-hybridized carbons (Fsp3) is 0.500. The number of ether oxygens (including phenoxy) is 1. The molecule has 0 spiro atoms. The summed E-state index contributed by atoms with van der Waals surface area (Å²) < 4.78 is 5.27. The summed E-state index contributed by atoms with van der Waals surface area (Å²) in [5, 5.41) is 13.6. The minimum Gasteiger partial charge on any atom is -0.497 e. The van der Waals surface area contributed by atoms with Gasteiger partial charge in [0.1, 0.15) is 5.75 Å². The number of methoxy groups -OCH3 is 1. The van der Waals surface area contributed by atoms with Crippen LogP contribution in [0.25, 0.3) is 10.8 Å². The zero-order chi connectivity index (χ0) is 19.5. The molecule has 2 rings (SSSR count). The molecule has 2 aromatic rings. The lowest BCUT2D eigenvalue weighted by atomic mass is 9.77. The second kappa shape index (κ2) is 7.67. The van der Waals surface area contributed by atoms with Crippen LogP contribution < -0.4 is 4.74 Å². The molecule has 0 aliphatic carbocycles. The van der Waals surface area contributed by atoms with Gasteiger partial charge >= 0.3 is 0 Å². The molecule has 0 bridgehead atoms. The molecule has 1 atom stereocenters. The molecule has 1 amide bonds. The maximum absolute atomic E-state index is 13.2. The highest BCUT2D eigenvalue weighted by Gasteiger charge is 2.43. The highest BCUT2D eigenvalue weighted by Crippen LogP contribution is 2.38. The Balaban J connectivity index is 2.57. The van der Waals surface area contributed by atoms with Gasteiger partial charge in [0.15, 0.2) is 5.60 Å². The van der Waals surface area contributed by atoms with E-state index in [1.54, 1.807) is 12.0 Å². The van der Waals surface area contributed by atoms with Crippen molar-refractivity contribution in [3.05, 3.63) is 42.0 Å². The van der Waals surface area contributed by atoms with Crippen LogP contribution >= 0.6 is 0 Å². The summed E-state index contributed by atoms with van der Waals surface area (Å²) in [6.45, 7) is 11.1. The lowest BCUT2D eigenvalue weighted by molar-refractivity contribution is -0.155. The van der Waals surface area contributed by atoms with E-state index in [1.807, 2.05) is 71.0 Å². The molecule has 0 aliphatic rings. The number of hydrogen-bond acceptors (Lipinski definition) is 3. The first-order chi connectivity index (χ1) is 12.1. The van der Waals surface area contributed by atoms with E-state index in [0.717, 1.165) is 16.5 Å². The quantitative estimate of drug-likeness (QED) is 0.836. The number of amides is 1. The fourth-order valence-corrected chi connectivity index (χ4v) is 3.45. The Morgan fingerprint density at radius 3 is 2.15 bits per heavy atom. The van der Waals surface area contributed by atoms with E-state index in [9.17, 15) is 9.90 Å². The minimum atomic E-state index is -1.54. The normalized spacial score (nSPS) is 14.1. The van der Waals surface area contributed by atoms with Gasteiger partial charge in [0.25, 0.3) is 5.91 Å². The third-order valence-corrected chi connectivity index (χ3v) is 4.72. The van der Waals surface area contributed by atoms with Crippen molar-refractivity contribution >= 4 is 16.7 Å². The van der Waals surface area contributed by atoms with Gasteiger partial charge in [-0.25, -0.2) is 0 Å². The monoisotopic (exact) mass is 357 g/mol. The van der Waals surface area contributed by atoms with Crippen LogP contribution in [0.3, 0.4) is 0 Å². The maximum Gasteiger partial charge on any atom is 0.259 e. The number of benzene rings is 2. The van der Waals surface area contributed by atoms with Crippen molar-refractivity contribution in [3.63, 3.8) is 0 Å². The Morgan fingerprint density at radius 1 is 1.04 bits per heavy atom. The van der Waals surface area contributed by atoms with Crippen molar-refractivity contribution in [2.24, 2.45) is 5.41 Å². The summed E-state index contributed by atoms with van der Waals surface area (Å²) in [5.41, 5.74) is -1.10. The van der Waals surface area contributed by atoms with Gasteiger partial charge in [-0.1, -0.05) is 39.0 Å². The molecular formula is C22H31NO3. The highest BCUT2D eigenvalue weighted by molar-refractivity contribution is 5.90. The number of carbonyl (C=O) groups is 1. The van der Waals surface area contributed by atoms with Crippen molar-refractivity contribution in [2.45, 2.75) is 46.6 Å². The van der Waals surface area contributed by atoms with Crippen molar-refractivity contribution in [2.75, 3.05) is 20.2 Å². The molecule has 2 aromatic carbocycles. The molecule has 26 heavy (non-hydrogen) atoms. The molecule has 0 radical (unpaired) electrons. The second-order valence-electron chi connectivity index (χ2n) is 8.00. The third kappa shape index (κ3) is 4.18. The van der Waals surface area contributed by atoms with E-state index < -0.39 is 5.60 Å². The Labute approximate surface area is 156 Å². The molecular weight excluding hydrogens is 326 g/mol. The first kappa shape index (κ1) is 20.2. The fourth-order valence-electron chi connectivity index (χ4n) is 3.45. The molecule has 0 saturated heterocycles. The van der Waals surface area contributed by atoms with Crippen LogP contribution in [0.4, 0.5) is 0 Å². The Kier molecular flexibility index (Phi) is 5.97. The number of carbonyl (C=O) groups excluding carboxylic acids is 1. The first-order valence-corrected chi connectivity index (χ1v) is 9.24. The second-order valence-corrected chi connectivity index (χ2v) is 8.00. The predicted octanol–water partition coefficient (Wildman–Crippen LogP) is 4.34. The summed E-state index contributed by atoms with van der Waals surface area (Å²) in [6.07, 6.45) is 0.358. The SMILES string of the molecule is CCN(CC)C(=O)C(O)(CC(C)(C)C)c1ccc2cc(OC)ccc2c1. The van der Waals surface area contributed by atoms with Gasteiger partial charge in [-0.3, -0.25) is 4.79 Å². The van der Waals surface area contributed by atoms with Crippen molar-refractivity contribution in [3.8, 4) is 5.75 Å². The molecule has 0 aromatic heterocycles. The van der Waals surface area contributed by atoms with Crippen molar-refractivity contribution in [1.29, 1.82) is 0 Å². The molecule has 4 nitrogen and oxygen atoms in total. The van der Waals surface area contributed by atoms with Crippen LogP contribution in [0.15, 0.2) is 36.4 Å². The Bertz CT molecular complexity index is 775. The summed E-state index contributed by atoms with van der Waals surface area (Å²) in [5.74, 6) is 0.555. The van der Waals surface area contributed by atoms with Gasteiger partial charge in [0.2, 0.25) is 0 Å². The van der Waals surface area contributed by atoms with E-state index in [-0.39, 0.29) is 11.3 Å². The standard InChI is InChI=1S/C22H31NO3/c1-7-23(8-2)20(24)22(25,15-21(3,4)5)18-11-9-17-14-19(26-6)12-10-16(17)13-18/h9-14,25H,7-8,15H2,1-6H3. The van der Waals surface area contributed by atoms with Gasteiger partial charge in [-0.05, 0) is 60.2 Å². The summed E-state index contributed by atoms with van der Waals surface area (Å²) in [7, 11) is 1.64. The molecule has 0 aliphatic heterocycles. The lowest BCUT2D eigenvalue weighted by Gasteiger charge is -2.37. The van der Waals surface area contributed by atoms with Gasteiger partial charge in [0, 0.05) is 13.1 Å². The van der Waals surface area contributed by atoms with Crippen LogP contribution in [0.2, 0.25) is 0 Å². The number of likely N-dealkylation sites (N-methyl/N-ethyl adjacent to an activating group) is 1. The third-order valence-electron chi connectivity index (χ3n) is 4.72. The van der Waals surface area contributed by atoms with Crippen LogP contribution in [-0.2, 0) is 10.4 Å². The topological polar surface area (TPSA) is 49.8 Å². The average molecular weight is 357 g/mol. The number of nitrogens with zero attached hydrogens (tertiary/aromatic N) is 1. The minimum absolute atomic E-state index is 0.202. The zero-order valence-electron chi connectivity index (χ0n) is 16.8. The summed E-state index contributed by atoms with van der Waals surface area (Å²) in [4.78, 5) is 14.9. The van der Waals surface area contributed by atoms with E-state index in [4.69, 9.17) is 4.74 Å². The van der Waals surface area contributed by atoms with Crippen LogP contribution in [-0.4, -0.2) is 36.1 Å². The average Bonchev–Trinajstić information content (AvgIpc) is 2.60. The number of fused-ring (bicyclic) bond motifs is 1. The van der Waals surface area contributed by atoms with Gasteiger partial charge < -0.3 is 14.7 Å². The van der Waals surface area contributed by atoms with Crippen LogP contribution in [0.1, 0.15) is 46.6 Å². The van der Waals surface area contributed by atoms with Crippen LogP contribution in [0.5, 0.6) is 5.75 Å². The molecule has 1 N–H and O–H groups in total. The first-order valence-electron chi connectivity index (χ1n) is 9.24. The number of aliphatic hydroxyl groups is 1. The maximum atomic E-state index is 13.2. The smallest absolute Gasteiger partial charge is 0.259 e. The lowest BCUT2D eigenvalue weighted by Crippen LogP contribution is -2.48. The molecule has 0 fully saturated rings. The molecule has 142 valence electrons. The van der Waals surface area contributed by atoms with Crippen molar-refractivity contribution < 1.29 is 14.6 Å². The van der Waals surface area contributed by atoms with Gasteiger partial charge in [-0.2, -0.15) is 0 Å². The molecule has 0 saturated carbocycles. The summed E-state index contributed by atoms with van der Waals surface area (Å²) in [6, 6.07) is 11.5.